The van der Waals surface area contributed by atoms with Crippen molar-refractivity contribution in [2.24, 2.45) is 0 Å². The topological polar surface area (TPSA) is 55.4 Å². The number of esters is 1. The molecule has 0 atom stereocenters. The number of benzene rings is 1. The van der Waals surface area contributed by atoms with E-state index in [1.807, 2.05) is 24.3 Å². The molecule has 0 fully saturated rings. The molecule has 0 bridgehead atoms. The third kappa shape index (κ3) is 2.56. The molecule has 0 amide bonds. The molecule has 0 spiro atoms. The van der Waals surface area contributed by atoms with Crippen LogP contribution in [0.2, 0.25) is 0 Å². The number of nitrogens with one attached hydrogen (secondary N) is 1. The molecule has 100 valence electrons. The summed E-state index contributed by atoms with van der Waals surface area (Å²) in [5.74, 6) is -0.345. The summed E-state index contributed by atoms with van der Waals surface area (Å²) in [5.41, 5.74) is 0.324. The van der Waals surface area contributed by atoms with Gasteiger partial charge in [-0.3, -0.25) is 9.59 Å². The van der Waals surface area contributed by atoms with Gasteiger partial charge in [0.2, 0.25) is 5.88 Å². The fraction of sp³-hybridized carbons (Fsp3) is 0.286. The summed E-state index contributed by atoms with van der Waals surface area (Å²) in [6, 6.07) is 7.34. The zero-order valence-electron chi connectivity index (χ0n) is 10.9. The highest BCUT2D eigenvalue weighted by atomic mass is 79.9. The molecule has 2 rings (SSSR count). The minimum Gasteiger partial charge on any atom is -0.409 e. The second-order valence-electron chi connectivity index (χ2n) is 4.86. The van der Waals surface area contributed by atoms with Crippen molar-refractivity contribution in [3.8, 4) is 0 Å². The summed E-state index contributed by atoms with van der Waals surface area (Å²) >= 11 is 3.41. The molecule has 0 unspecified atom stereocenters. The molecule has 0 saturated carbocycles. The molecule has 1 aromatic rings. The summed E-state index contributed by atoms with van der Waals surface area (Å²) in [5, 5.41) is 2.95. The number of hydrogen-bond donors (Lipinski definition) is 1. The summed E-state index contributed by atoms with van der Waals surface area (Å²) in [7, 11) is 0. The second kappa shape index (κ2) is 4.81. The molecule has 19 heavy (non-hydrogen) atoms. The molecule has 1 heterocycles. The summed E-state index contributed by atoms with van der Waals surface area (Å²) in [6.45, 7) is 4.81. The normalized spacial score (nSPS) is 17.4. The molecular formula is C14H14BrNO3. The molecule has 0 aliphatic carbocycles. The van der Waals surface area contributed by atoms with Crippen molar-refractivity contribution in [2.45, 2.75) is 26.3 Å². The molecule has 1 N–H and O–H groups in total. The Bertz CT molecular complexity index is 590. The predicted molar refractivity (Wildman–Crippen MR) is 75.0 cm³/mol. The van der Waals surface area contributed by atoms with Gasteiger partial charge in [0.15, 0.2) is 5.78 Å². The van der Waals surface area contributed by atoms with E-state index in [2.05, 4.69) is 21.2 Å². The van der Waals surface area contributed by atoms with Gasteiger partial charge in [-0.1, -0.05) is 34.1 Å². The zero-order valence-corrected chi connectivity index (χ0v) is 12.5. The van der Waals surface area contributed by atoms with Crippen molar-refractivity contribution in [1.82, 2.24) is 5.32 Å². The van der Waals surface area contributed by atoms with E-state index in [1.54, 1.807) is 13.8 Å². The second-order valence-corrected chi connectivity index (χ2v) is 5.71. The van der Waals surface area contributed by atoms with E-state index in [0.29, 0.717) is 11.1 Å². The van der Waals surface area contributed by atoms with Gasteiger partial charge in [-0.2, -0.15) is 0 Å². The maximum Gasteiger partial charge on any atom is 0.309 e. The van der Waals surface area contributed by atoms with Crippen LogP contribution in [0.15, 0.2) is 34.6 Å². The Morgan fingerprint density at radius 1 is 1.32 bits per heavy atom. The maximum atomic E-state index is 12.4. The standard InChI is InChI=1S/C14H14BrNO3/c1-8(17)19-13-11(12(18)14(2,3)16-13)9-6-4-5-7-10(9)15/h4-7,16H,1-3H3. The van der Waals surface area contributed by atoms with Crippen molar-refractivity contribution < 1.29 is 14.3 Å². The highest BCUT2D eigenvalue weighted by Gasteiger charge is 2.42. The fourth-order valence-electron chi connectivity index (χ4n) is 1.95. The number of carbonyl (C=O) groups is 2. The number of rotatable bonds is 2. The monoisotopic (exact) mass is 323 g/mol. The third-order valence-electron chi connectivity index (χ3n) is 2.84. The number of ether oxygens (including phenoxy) is 1. The van der Waals surface area contributed by atoms with Gasteiger partial charge in [-0.05, 0) is 19.9 Å². The van der Waals surface area contributed by atoms with E-state index in [1.165, 1.54) is 6.92 Å². The molecule has 4 nitrogen and oxygen atoms in total. The number of ketones is 1. The van der Waals surface area contributed by atoms with Crippen LogP contribution in [-0.2, 0) is 14.3 Å². The Hall–Kier alpha value is -1.62. The minimum absolute atomic E-state index is 0.101. The lowest BCUT2D eigenvalue weighted by atomic mass is 9.93. The van der Waals surface area contributed by atoms with Crippen LogP contribution in [0, 0.1) is 0 Å². The van der Waals surface area contributed by atoms with Gasteiger partial charge in [0.05, 0.1) is 11.1 Å². The minimum atomic E-state index is -0.782. The van der Waals surface area contributed by atoms with Crippen LogP contribution in [0.5, 0.6) is 0 Å². The van der Waals surface area contributed by atoms with Crippen LogP contribution < -0.4 is 5.32 Å². The average Bonchev–Trinajstić information content (AvgIpc) is 2.50. The quantitative estimate of drug-likeness (QED) is 0.850. The van der Waals surface area contributed by atoms with Crippen molar-refractivity contribution in [3.05, 3.63) is 40.2 Å². The number of Topliss-reactive ketones (excluding diaryl/α,β-unsaturated/α-hetero) is 1. The number of halogens is 1. The van der Waals surface area contributed by atoms with Crippen LogP contribution >= 0.6 is 15.9 Å². The van der Waals surface area contributed by atoms with Gasteiger partial charge in [0, 0.05) is 17.0 Å². The first kappa shape index (κ1) is 13.8. The van der Waals surface area contributed by atoms with Crippen LogP contribution in [0.3, 0.4) is 0 Å². The molecular weight excluding hydrogens is 310 g/mol. The van der Waals surface area contributed by atoms with E-state index in [-0.39, 0.29) is 11.7 Å². The molecule has 0 aromatic heterocycles. The molecule has 0 saturated heterocycles. The maximum absolute atomic E-state index is 12.4. The largest absolute Gasteiger partial charge is 0.409 e. The van der Waals surface area contributed by atoms with Gasteiger partial charge in [0.1, 0.15) is 0 Å². The molecule has 1 aliphatic rings. The van der Waals surface area contributed by atoms with Gasteiger partial charge in [-0.25, -0.2) is 0 Å². The van der Waals surface area contributed by atoms with E-state index in [9.17, 15) is 9.59 Å². The molecule has 0 radical (unpaired) electrons. The first-order chi connectivity index (χ1) is 8.83. The first-order valence-corrected chi connectivity index (χ1v) is 6.63. The molecule has 5 heteroatoms. The number of hydrogen-bond acceptors (Lipinski definition) is 4. The predicted octanol–water partition coefficient (Wildman–Crippen LogP) is 2.63. The van der Waals surface area contributed by atoms with E-state index in [4.69, 9.17) is 4.74 Å². The summed E-state index contributed by atoms with van der Waals surface area (Å²) < 4.78 is 5.91. The first-order valence-electron chi connectivity index (χ1n) is 5.83. The smallest absolute Gasteiger partial charge is 0.309 e. The average molecular weight is 324 g/mol. The van der Waals surface area contributed by atoms with Crippen LogP contribution in [0.4, 0.5) is 0 Å². The highest BCUT2D eigenvalue weighted by Crippen LogP contribution is 2.35. The van der Waals surface area contributed by atoms with Crippen LogP contribution in [-0.4, -0.2) is 17.3 Å². The van der Waals surface area contributed by atoms with Crippen LogP contribution in [0.25, 0.3) is 5.57 Å². The summed E-state index contributed by atoms with van der Waals surface area (Å²) in [4.78, 5) is 23.6. The fourth-order valence-corrected chi connectivity index (χ4v) is 2.43. The van der Waals surface area contributed by atoms with E-state index in [0.717, 1.165) is 4.47 Å². The SMILES string of the molecule is CC(=O)OC1=C(c2ccccc2Br)C(=O)C(C)(C)N1. The van der Waals surface area contributed by atoms with E-state index >= 15 is 0 Å². The van der Waals surface area contributed by atoms with Gasteiger partial charge >= 0.3 is 5.97 Å². The Morgan fingerprint density at radius 3 is 2.53 bits per heavy atom. The van der Waals surface area contributed by atoms with Gasteiger partial charge < -0.3 is 10.1 Å². The third-order valence-corrected chi connectivity index (χ3v) is 3.53. The van der Waals surface area contributed by atoms with Gasteiger partial charge in [0.25, 0.3) is 0 Å². The lowest BCUT2D eigenvalue weighted by molar-refractivity contribution is -0.137. The Labute approximate surface area is 120 Å². The zero-order chi connectivity index (χ0) is 14.2. The van der Waals surface area contributed by atoms with Crippen LogP contribution in [0.1, 0.15) is 26.3 Å². The highest BCUT2D eigenvalue weighted by molar-refractivity contribution is 9.10. The Balaban J connectivity index is 2.57. The van der Waals surface area contributed by atoms with Crippen molar-refractivity contribution in [2.75, 3.05) is 0 Å². The van der Waals surface area contributed by atoms with Crippen molar-refractivity contribution in [3.63, 3.8) is 0 Å². The van der Waals surface area contributed by atoms with Crippen molar-refractivity contribution >= 4 is 33.3 Å². The number of carbonyl (C=O) groups excluding carboxylic acids is 2. The van der Waals surface area contributed by atoms with Gasteiger partial charge in [-0.15, -0.1) is 0 Å². The Kier molecular flexibility index (Phi) is 3.49. The van der Waals surface area contributed by atoms with E-state index < -0.39 is 11.5 Å². The summed E-state index contributed by atoms with van der Waals surface area (Å²) in [6.07, 6.45) is 0. The lowest BCUT2D eigenvalue weighted by Crippen LogP contribution is -2.40. The lowest BCUT2D eigenvalue weighted by Gasteiger charge is -2.17. The molecule has 1 aliphatic heterocycles. The Morgan fingerprint density at radius 2 is 1.95 bits per heavy atom. The molecule has 1 aromatic carbocycles. The van der Waals surface area contributed by atoms with Crippen molar-refractivity contribution in [1.29, 1.82) is 0 Å².